The van der Waals surface area contributed by atoms with Crippen molar-refractivity contribution in [3.8, 4) is 0 Å². The predicted octanol–water partition coefficient (Wildman–Crippen LogP) is 2.40. The van der Waals surface area contributed by atoms with Crippen LogP contribution in [-0.2, 0) is 9.53 Å². The van der Waals surface area contributed by atoms with Gasteiger partial charge in [-0.15, -0.1) is 4.91 Å². The Morgan fingerprint density at radius 2 is 2.00 bits per heavy atom. The Hall–Kier alpha value is -2.30. The van der Waals surface area contributed by atoms with Crippen molar-refractivity contribution in [1.82, 2.24) is 0 Å². The van der Waals surface area contributed by atoms with Gasteiger partial charge in [0.05, 0.1) is 0 Å². The molecule has 5 nitrogen and oxygen atoms in total. The number of rotatable bonds is 2. The standard InChI is InChI=1S/C11H8N2O3/c1-7-12-10(11(14)16-7)6-8-2-4-9(13-15)5-3-8/h2-6H,1H3/b10-6-. The number of esters is 1. The van der Waals surface area contributed by atoms with Gasteiger partial charge in [0.2, 0.25) is 0 Å². The highest BCUT2D eigenvalue weighted by Crippen LogP contribution is 2.18. The van der Waals surface area contributed by atoms with Crippen molar-refractivity contribution in [3.05, 3.63) is 40.4 Å². The maximum absolute atomic E-state index is 11.2. The van der Waals surface area contributed by atoms with E-state index >= 15 is 0 Å². The number of hydrogen-bond donors (Lipinski definition) is 0. The van der Waals surface area contributed by atoms with Gasteiger partial charge in [-0.05, 0) is 28.9 Å². The Balaban J connectivity index is 2.29. The minimum atomic E-state index is -0.463. The summed E-state index contributed by atoms with van der Waals surface area (Å²) in [6, 6.07) is 6.49. The zero-order valence-corrected chi connectivity index (χ0v) is 8.51. The van der Waals surface area contributed by atoms with Crippen molar-refractivity contribution in [2.75, 3.05) is 0 Å². The number of benzene rings is 1. The fourth-order valence-corrected chi connectivity index (χ4v) is 1.31. The van der Waals surface area contributed by atoms with Gasteiger partial charge >= 0.3 is 5.97 Å². The number of nitroso groups, excluding NO2 is 1. The van der Waals surface area contributed by atoms with Crippen LogP contribution in [0.3, 0.4) is 0 Å². The lowest BCUT2D eigenvalue weighted by Crippen LogP contribution is -1.99. The molecule has 16 heavy (non-hydrogen) atoms. The molecule has 1 aliphatic rings. The van der Waals surface area contributed by atoms with E-state index in [4.69, 9.17) is 4.74 Å². The summed E-state index contributed by atoms with van der Waals surface area (Å²) in [6.07, 6.45) is 1.59. The highest BCUT2D eigenvalue weighted by atomic mass is 16.6. The maximum atomic E-state index is 11.2. The Bertz CT molecular complexity index is 500. The number of cyclic esters (lactones) is 1. The van der Waals surface area contributed by atoms with Crippen molar-refractivity contribution < 1.29 is 9.53 Å². The molecule has 0 aliphatic carbocycles. The quantitative estimate of drug-likeness (QED) is 0.433. The van der Waals surface area contributed by atoms with Crippen LogP contribution in [-0.4, -0.2) is 11.9 Å². The summed E-state index contributed by atoms with van der Waals surface area (Å²) >= 11 is 0. The fourth-order valence-electron chi connectivity index (χ4n) is 1.31. The van der Waals surface area contributed by atoms with Gasteiger partial charge < -0.3 is 4.74 Å². The molecule has 1 heterocycles. The van der Waals surface area contributed by atoms with E-state index in [1.54, 1.807) is 37.3 Å². The normalized spacial score (nSPS) is 17.2. The molecular weight excluding hydrogens is 208 g/mol. The van der Waals surface area contributed by atoms with Crippen molar-refractivity contribution in [3.63, 3.8) is 0 Å². The number of ether oxygens (including phenoxy) is 1. The second-order valence-electron chi connectivity index (χ2n) is 3.23. The summed E-state index contributed by atoms with van der Waals surface area (Å²) in [5, 5.41) is 2.78. The SMILES string of the molecule is CC1=N/C(=C\c2ccc(N=O)cc2)C(=O)O1. The van der Waals surface area contributed by atoms with Crippen molar-refractivity contribution in [1.29, 1.82) is 0 Å². The fraction of sp³-hybridized carbons (Fsp3) is 0.0909. The van der Waals surface area contributed by atoms with E-state index in [2.05, 4.69) is 10.2 Å². The first-order valence-corrected chi connectivity index (χ1v) is 4.61. The highest BCUT2D eigenvalue weighted by molar-refractivity contribution is 6.06. The van der Waals surface area contributed by atoms with E-state index in [0.29, 0.717) is 11.6 Å². The molecule has 0 spiro atoms. The molecule has 0 radical (unpaired) electrons. The first-order valence-electron chi connectivity index (χ1n) is 4.61. The number of aliphatic imine (C=N–C) groups is 1. The van der Waals surface area contributed by atoms with E-state index < -0.39 is 5.97 Å². The molecule has 0 bridgehead atoms. The molecule has 2 rings (SSSR count). The van der Waals surface area contributed by atoms with E-state index in [1.165, 1.54) is 0 Å². The summed E-state index contributed by atoms with van der Waals surface area (Å²) in [6.45, 7) is 1.61. The molecule has 1 aromatic carbocycles. The molecule has 0 unspecified atom stereocenters. The first-order chi connectivity index (χ1) is 7.69. The van der Waals surface area contributed by atoms with E-state index in [9.17, 15) is 9.70 Å². The van der Waals surface area contributed by atoms with Crippen LogP contribution in [0.15, 0.2) is 40.1 Å². The largest absolute Gasteiger partial charge is 0.407 e. The second kappa shape index (κ2) is 4.06. The zero-order chi connectivity index (χ0) is 11.5. The molecule has 0 aromatic heterocycles. The Labute approximate surface area is 91.4 Å². The minimum Gasteiger partial charge on any atom is -0.407 e. The van der Waals surface area contributed by atoms with Crippen LogP contribution < -0.4 is 0 Å². The van der Waals surface area contributed by atoms with Crippen LogP contribution in [0.1, 0.15) is 12.5 Å². The topological polar surface area (TPSA) is 68.1 Å². The number of carbonyl (C=O) groups is 1. The van der Waals surface area contributed by atoms with Crippen LogP contribution in [0.5, 0.6) is 0 Å². The smallest absolute Gasteiger partial charge is 0.363 e. The summed E-state index contributed by atoms with van der Waals surface area (Å²) in [7, 11) is 0. The number of carbonyl (C=O) groups excluding carboxylic acids is 1. The molecular formula is C11H8N2O3. The lowest BCUT2D eigenvalue weighted by Gasteiger charge is -1.94. The van der Waals surface area contributed by atoms with E-state index in [1.807, 2.05) is 0 Å². The van der Waals surface area contributed by atoms with Gasteiger partial charge in [-0.25, -0.2) is 9.79 Å². The third-order valence-electron chi connectivity index (χ3n) is 2.03. The van der Waals surface area contributed by atoms with Crippen LogP contribution in [0.2, 0.25) is 0 Å². The molecule has 1 aliphatic heterocycles. The molecule has 0 N–H and O–H groups in total. The summed E-state index contributed by atoms with van der Waals surface area (Å²) in [5.41, 5.74) is 1.36. The lowest BCUT2D eigenvalue weighted by atomic mass is 10.2. The third kappa shape index (κ3) is 2.03. The molecule has 0 fully saturated rings. The number of nitrogens with zero attached hydrogens (tertiary/aromatic N) is 2. The van der Waals surface area contributed by atoms with E-state index in [-0.39, 0.29) is 5.70 Å². The minimum absolute atomic E-state index is 0.254. The van der Waals surface area contributed by atoms with Crippen LogP contribution in [0, 0.1) is 4.91 Å². The summed E-state index contributed by atoms with van der Waals surface area (Å²) in [5.74, 6) is -0.127. The van der Waals surface area contributed by atoms with Gasteiger partial charge in [0.1, 0.15) is 5.69 Å². The van der Waals surface area contributed by atoms with Gasteiger partial charge in [-0.3, -0.25) is 0 Å². The van der Waals surface area contributed by atoms with Gasteiger partial charge in [0, 0.05) is 6.92 Å². The van der Waals surface area contributed by atoms with Crippen molar-refractivity contribution in [2.24, 2.45) is 10.2 Å². The van der Waals surface area contributed by atoms with Gasteiger partial charge in [-0.1, -0.05) is 12.1 Å². The van der Waals surface area contributed by atoms with Gasteiger partial charge in [0.25, 0.3) is 0 Å². The molecule has 0 saturated heterocycles. The monoisotopic (exact) mass is 216 g/mol. The third-order valence-corrected chi connectivity index (χ3v) is 2.03. The highest BCUT2D eigenvalue weighted by Gasteiger charge is 2.19. The molecule has 1 aromatic rings. The first kappa shape index (κ1) is 10.2. The molecule has 0 saturated carbocycles. The van der Waals surface area contributed by atoms with E-state index in [0.717, 1.165) is 5.56 Å². The predicted molar refractivity (Wildman–Crippen MR) is 59.1 cm³/mol. The molecule has 0 amide bonds. The lowest BCUT2D eigenvalue weighted by molar-refractivity contribution is -0.130. The van der Waals surface area contributed by atoms with Crippen LogP contribution in [0.25, 0.3) is 6.08 Å². The van der Waals surface area contributed by atoms with Gasteiger partial charge in [-0.2, -0.15) is 0 Å². The molecule has 5 heteroatoms. The van der Waals surface area contributed by atoms with Gasteiger partial charge in [0.15, 0.2) is 11.6 Å². The van der Waals surface area contributed by atoms with Crippen LogP contribution >= 0.6 is 0 Å². The summed E-state index contributed by atoms with van der Waals surface area (Å²) < 4.78 is 4.77. The second-order valence-corrected chi connectivity index (χ2v) is 3.23. The average molecular weight is 216 g/mol. The van der Waals surface area contributed by atoms with Crippen LogP contribution in [0.4, 0.5) is 5.69 Å². The molecule has 0 atom stereocenters. The van der Waals surface area contributed by atoms with Crippen molar-refractivity contribution in [2.45, 2.75) is 6.92 Å². The maximum Gasteiger partial charge on any atom is 0.363 e. The van der Waals surface area contributed by atoms with Crippen molar-refractivity contribution >= 4 is 23.6 Å². The Morgan fingerprint density at radius 3 is 2.50 bits per heavy atom. The Morgan fingerprint density at radius 1 is 1.31 bits per heavy atom. The molecule has 80 valence electrons. The Kier molecular flexibility index (Phi) is 2.59. The summed E-state index contributed by atoms with van der Waals surface area (Å²) in [4.78, 5) is 25.4. The average Bonchev–Trinajstić information content (AvgIpc) is 2.59. The zero-order valence-electron chi connectivity index (χ0n) is 8.51. The number of hydrogen-bond acceptors (Lipinski definition) is 5.